The Kier molecular flexibility index (Phi) is 2.61. The fraction of sp³-hybridized carbons (Fsp3) is 0.273. The third-order valence-electron chi connectivity index (χ3n) is 2.48. The molecule has 0 aliphatic rings. The number of pyridine rings is 1. The Labute approximate surface area is 92.1 Å². The third kappa shape index (κ3) is 1.37. The predicted molar refractivity (Wildman–Crippen MR) is 62.6 cm³/mol. The highest BCUT2D eigenvalue weighted by Gasteiger charge is 2.10. The van der Waals surface area contributed by atoms with Crippen molar-refractivity contribution in [2.24, 2.45) is 0 Å². The largest absolute Gasteiger partial charge is 0.318 e. The maximum atomic E-state index is 3.62. The summed E-state index contributed by atoms with van der Waals surface area (Å²) in [5, 5.41) is 3.19. The van der Waals surface area contributed by atoms with Gasteiger partial charge in [-0.2, -0.15) is 0 Å². The summed E-state index contributed by atoms with van der Waals surface area (Å²) in [7, 11) is 1.97. The van der Waals surface area contributed by atoms with Crippen molar-refractivity contribution >= 4 is 21.4 Å². The molecule has 0 amide bonds. The van der Waals surface area contributed by atoms with Gasteiger partial charge in [-0.05, 0) is 47.6 Å². The van der Waals surface area contributed by atoms with Crippen LogP contribution in [-0.4, -0.2) is 11.4 Å². The molecule has 1 N–H and O–H groups in total. The molecule has 0 fully saturated rings. The molecule has 0 aromatic carbocycles. The molecule has 0 radical (unpaired) electrons. The maximum Gasteiger partial charge on any atom is 0.0598 e. The van der Waals surface area contributed by atoms with Gasteiger partial charge in [0, 0.05) is 22.9 Å². The minimum Gasteiger partial charge on any atom is -0.318 e. The number of hydrogen-bond acceptors (Lipinski definition) is 1. The minimum absolute atomic E-state index is 0.891. The van der Waals surface area contributed by atoms with E-state index in [9.17, 15) is 0 Å². The molecule has 0 spiro atoms. The fourth-order valence-electron chi connectivity index (χ4n) is 1.74. The van der Waals surface area contributed by atoms with Crippen LogP contribution in [0, 0.1) is 6.92 Å². The number of hydrogen-bond donors (Lipinski definition) is 1. The Morgan fingerprint density at radius 3 is 2.93 bits per heavy atom. The van der Waals surface area contributed by atoms with Gasteiger partial charge in [-0.15, -0.1) is 0 Å². The molecule has 0 saturated carbocycles. The molecule has 2 rings (SSSR count). The van der Waals surface area contributed by atoms with Crippen molar-refractivity contribution in [3.05, 3.63) is 40.1 Å². The van der Waals surface area contributed by atoms with E-state index < -0.39 is 0 Å². The van der Waals surface area contributed by atoms with E-state index in [1.54, 1.807) is 0 Å². The van der Waals surface area contributed by atoms with Crippen LogP contribution in [0.4, 0.5) is 0 Å². The second-order valence-electron chi connectivity index (χ2n) is 3.37. The van der Waals surface area contributed by atoms with E-state index in [4.69, 9.17) is 0 Å². The van der Waals surface area contributed by atoms with E-state index >= 15 is 0 Å². The zero-order valence-corrected chi connectivity index (χ0v) is 9.93. The molecule has 14 heavy (non-hydrogen) atoms. The summed E-state index contributed by atoms with van der Waals surface area (Å²) >= 11 is 3.62. The average molecular weight is 253 g/mol. The lowest BCUT2D eigenvalue weighted by atomic mass is 10.2. The Bertz CT molecular complexity index is 460. The summed E-state index contributed by atoms with van der Waals surface area (Å²) < 4.78 is 3.42. The molecule has 0 unspecified atom stereocenters. The molecule has 0 aliphatic carbocycles. The topological polar surface area (TPSA) is 16.4 Å². The first kappa shape index (κ1) is 9.74. The molecule has 0 bridgehead atoms. The van der Waals surface area contributed by atoms with Crippen LogP contribution in [-0.2, 0) is 6.54 Å². The van der Waals surface area contributed by atoms with Crippen molar-refractivity contribution < 1.29 is 0 Å². The molecular weight excluding hydrogens is 240 g/mol. The van der Waals surface area contributed by atoms with Crippen molar-refractivity contribution in [1.29, 1.82) is 0 Å². The standard InChI is InChI=1S/C11H13BrN2/c1-8-10(7-13-2)14-6-4-3-5-9(14)11(8)12/h3-6,13H,7H2,1-2H3. The second kappa shape index (κ2) is 3.75. The van der Waals surface area contributed by atoms with Gasteiger partial charge in [-0.25, -0.2) is 0 Å². The van der Waals surface area contributed by atoms with Crippen molar-refractivity contribution in [1.82, 2.24) is 9.72 Å². The van der Waals surface area contributed by atoms with Gasteiger partial charge in [0.05, 0.1) is 5.52 Å². The number of nitrogens with one attached hydrogen (secondary N) is 1. The monoisotopic (exact) mass is 252 g/mol. The summed E-state index contributed by atoms with van der Waals surface area (Å²) in [5.74, 6) is 0. The number of fused-ring (bicyclic) bond motifs is 1. The fourth-order valence-corrected chi connectivity index (χ4v) is 2.29. The molecule has 2 heterocycles. The number of nitrogens with zero attached hydrogens (tertiary/aromatic N) is 1. The predicted octanol–water partition coefficient (Wildman–Crippen LogP) is 2.73. The van der Waals surface area contributed by atoms with Crippen LogP contribution in [0.2, 0.25) is 0 Å². The average Bonchev–Trinajstić information content (AvgIpc) is 2.45. The summed E-state index contributed by atoms with van der Waals surface area (Å²) in [5.41, 5.74) is 3.86. The van der Waals surface area contributed by atoms with Gasteiger partial charge in [-0.3, -0.25) is 0 Å². The minimum atomic E-state index is 0.891. The molecule has 0 saturated heterocycles. The van der Waals surface area contributed by atoms with Crippen LogP contribution < -0.4 is 5.32 Å². The Hall–Kier alpha value is -0.800. The van der Waals surface area contributed by atoms with E-state index in [-0.39, 0.29) is 0 Å². The van der Waals surface area contributed by atoms with E-state index in [0.29, 0.717) is 0 Å². The Balaban J connectivity index is 2.74. The molecule has 0 atom stereocenters. The van der Waals surface area contributed by atoms with Crippen molar-refractivity contribution in [2.75, 3.05) is 7.05 Å². The van der Waals surface area contributed by atoms with E-state index in [1.807, 2.05) is 7.05 Å². The molecule has 2 nitrogen and oxygen atoms in total. The Morgan fingerprint density at radius 2 is 2.21 bits per heavy atom. The first-order valence-electron chi connectivity index (χ1n) is 4.64. The van der Waals surface area contributed by atoms with Crippen molar-refractivity contribution in [2.45, 2.75) is 13.5 Å². The van der Waals surface area contributed by atoms with Crippen molar-refractivity contribution in [3.8, 4) is 0 Å². The summed E-state index contributed by atoms with van der Waals surface area (Å²) in [6.45, 7) is 3.03. The van der Waals surface area contributed by atoms with Crippen molar-refractivity contribution in [3.63, 3.8) is 0 Å². The smallest absolute Gasteiger partial charge is 0.0598 e. The lowest BCUT2D eigenvalue weighted by Gasteiger charge is -2.02. The number of rotatable bonds is 2. The summed E-state index contributed by atoms with van der Waals surface area (Å²) in [4.78, 5) is 0. The normalized spacial score (nSPS) is 11.1. The zero-order valence-electron chi connectivity index (χ0n) is 8.34. The quantitative estimate of drug-likeness (QED) is 0.870. The van der Waals surface area contributed by atoms with Gasteiger partial charge in [-0.1, -0.05) is 6.07 Å². The maximum absolute atomic E-state index is 3.62. The highest BCUT2D eigenvalue weighted by Crippen LogP contribution is 2.27. The number of aromatic nitrogens is 1. The molecule has 2 aromatic rings. The van der Waals surface area contributed by atoms with E-state index in [1.165, 1.54) is 21.2 Å². The van der Waals surface area contributed by atoms with Gasteiger partial charge in [0.2, 0.25) is 0 Å². The van der Waals surface area contributed by atoms with Gasteiger partial charge >= 0.3 is 0 Å². The zero-order chi connectivity index (χ0) is 10.1. The molecule has 2 aromatic heterocycles. The molecular formula is C11H13BrN2. The van der Waals surface area contributed by atoms with Crippen LogP contribution in [0.1, 0.15) is 11.3 Å². The second-order valence-corrected chi connectivity index (χ2v) is 4.16. The highest BCUT2D eigenvalue weighted by molar-refractivity contribution is 9.10. The first-order chi connectivity index (χ1) is 6.75. The van der Waals surface area contributed by atoms with Crippen LogP contribution >= 0.6 is 15.9 Å². The summed E-state index contributed by atoms with van der Waals surface area (Å²) in [6, 6.07) is 6.23. The highest BCUT2D eigenvalue weighted by atomic mass is 79.9. The van der Waals surface area contributed by atoms with Crippen LogP contribution in [0.25, 0.3) is 5.52 Å². The van der Waals surface area contributed by atoms with E-state index in [0.717, 1.165) is 6.54 Å². The lowest BCUT2D eigenvalue weighted by Crippen LogP contribution is -2.08. The molecule has 74 valence electrons. The Morgan fingerprint density at radius 1 is 1.43 bits per heavy atom. The summed E-state index contributed by atoms with van der Waals surface area (Å²) in [6.07, 6.45) is 2.10. The molecule has 0 aliphatic heterocycles. The van der Waals surface area contributed by atoms with Gasteiger partial charge in [0.1, 0.15) is 0 Å². The van der Waals surface area contributed by atoms with Gasteiger partial charge in [0.25, 0.3) is 0 Å². The van der Waals surface area contributed by atoms with Gasteiger partial charge < -0.3 is 9.72 Å². The van der Waals surface area contributed by atoms with Gasteiger partial charge in [0.15, 0.2) is 0 Å². The molecule has 3 heteroatoms. The van der Waals surface area contributed by atoms with E-state index in [2.05, 4.69) is 57.0 Å². The van der Waals surface area contributed by atoms with Crippen LogP contribution in [0.15, 0.2) is 28.9 Å². The van der Waals surface area contributed by atoms with Crippen LogP contribution in [0.3, 0.4) is 0 Å². The number of halogens is 1. The third-order valence-corrected chi connectivity index (χ3v) is 3.48. The first-order valence-corrected chi connectivity index (χ1v) is 5.43. The SMILES string of the molecule is CNCc1c(C)c(Br)c2ccccn12. The lowest BCUT2D eigenvalue weighted by molar-refractivity contribution is 0.776. The van der Waals surface area contributed by atoms with Crippen LogP contribution in [0.5, 0.6) is 0 Å².